The second kappa shape index (κ2) is 11.9. The third kappa shape index (κ3) is 4.75. The van der Waals surface area contributed by atoms with Crippen molar-refractivity contribution in [2.45, 2.75) is 43.6 Å². The molecule has 0 aromatic heterocycles. The molecule has 0 N–H and O–H groups in total. The summed E-state index contributed by atoms with van der Waals surface area (Å²) in [4.78, 5) is 4.80. The molecule has 256 valence electrons. The second-order valence-electron chi connectivity index (χ2n) is 14.8. The van der Waals surface area contributed by atoms with Gasteiger partial charge in [-0.05, 0) is 113 Å². The molecule has 4 nitrogen and oxygen atoms in total. The Bertz CT molecular complexity index is 2430. The molecule has 1 spiro atoms. The van der Waals surface area contributed by atoms with Gasteiger partial charge in [-0.3, -0.25) is 0 Å². The predicted octanol–water partition coefficient (Wildman–Crippen LogP) is 13.3. The summed E-state index contributed by atoms with van der Waals surface area (Å²) in [6.45, 7) is 0. The molecule has 1 atom stereocenters. The molecule has 0 amide bonds. The lowest BCUT2D eigenvalue weighted by Gasteiger charge is -2.40. The van der Waals surface area contributed by atoms with Gasteiger partial charge in [-0.25, -0.2) is 0 Å². The molecule has 53 heavy (non-hydrogen) atoms. The molecule has 2 heterocycles. The fourth-order valence-electron chi connectivity index (χ4n) is 9.59. The molecule has 1 fully saturated rings. The van der Waals surface area contributed by atoms with Crippen LogP contribution in [0, 0.1) is 0 Å². The van der Waals surface area contributed by atoms with Gasteiger partial charge in [-0.2, -0.15) is 0 Å². The summed E-state index contributed by atoms with van der Waals surface area (Å²) in [5, 5.41) is 0. The largest absolute Gasteiger partial charge is 0.453 e. The van der Waals surface area contributed by atoms with Crippen LogP contribution in [0.5, 0.6) is 23.0 Å². The maximum Gasteiger partial charge on any atom is 0.151 e. The first-order valence-electron chi connectivity index (χ1n) is 18.9. The van der Waals surface area contributed by atoms with Crippen molar-refractivity contribution in [1.29, 1.82) is 0 Å². The number of fused-ring (bicyclic) bond motifs is 8. The number of rotatable bonds is 4. The van der Waals surface area contributed by atoms with Crippen LogP contribution in [0.25, 0.3) is 17.7 Å². The summed E-state index contributed by atoms with van der Waals surface area (Å²) in [5.41, 5.74) is 14.0. The summed E-state index contributed by atoms with van der Waals surface area (Å²) in [7, 11) is 0. The Kier molecular flexibility index (Phi) is 6.82. The zero-order valence-corrected chi connectivity index (χ0v) is 29.4. The molecular weight excluding hydrogens is 649 g/mol. The van der Waals surface area contributed by atoms with Crippen LogP contribution in [-0.2, 0) is 5.41 Å². The maximum atomic E-state index is 6.37. The lowest BCUT2D eigenvalue weighted by molar-refractivity contribution is 0.464. The number of anilines is 5. The van der Waals surface area contributed by atoms with Gasteiger partial charge in [0.25, 0.3) is 0 Å². The van der Waals surface area contributed by atoms with Crippen molar-refractivity contribution in [3.05, 3.63) is 180 Å². The van der Waals surface area contributed by atoms with Gasteiger partial charge in [0.1, 0.15) is 0 Å². The Hall–Kier alpha value is -6.26. The second-order valence-corrected chi connectivity index (χ2v) is 14.8. The number of hydrogen-bond donors (Lipinski definition) is 0. The molecule has 5 aliphatic rings. The van der Waals surface area contributed by atoms with E-state index in [9.17, 15) is 0 Å². The summed E-state index contributed by atoms with van der Waals surface area (Å²) >= 11 is 0. The molecule has 6 aromatic rings. The quantitative estimate of drug-likeness (QED) is 0.172. The lowest BCUT2D eigenvalue weighted by Crippen LogP contribution is -2.35. The van der Waals surface area contributed by atoms with E-state index in [-0.39, 0.29) is 11.5 Å². The average Bonchev–Trinajstić information content (AvgIpc) is 3.82. The highest BCUT2D eigenvalue weighted by atomic mass is 16.5. The van der Waals surface area contributed by atoms with Crippen LogP contribution in [0.15, 0.2) is 157 Å². The molecule has 4 heteroatoms. The highest BCUT2D eigenvalue weighted by molar-refractivity contribution is 5.90. The molecule has 0 radical (unpaired) electrons. The fraction of sp³-hybridized carbons (Fsp3) is 0.143. The van der Waals surface area contributed by atoms with Crippen LogP contribution >= 0.6 is 0 Å². The topological polar surface area (TPSA) is 24.9 Å². The van der Waals surface area contributed by atoms with Crippen molar-refractivity contribution in [2.24, 2.45) is 0 Å². The van der Waals surface area contributed by atoms with Crippen LogP contribution in [0.2, 0.25) is 0 Å². The van der Waals surface area contributed by atoms with Crippen molar-refractivity contribution < 1.29 is 9.47 Å². The lowest BCUT2D eigenvalue weighted by atomic mass is 9.72. The predicted molar refractivity (Wildman–Crippen MR) is 216 cm³/mol. The number of hydrogen-bond acceptors (Lipinski definition) is 4. The minimum atomic E-state index is 0.106. The third-order valence-electron chi connectivity index (χ3n) is 12.0. The first-order valence-corrected chi connectivity index (χ1v) is 18.9. The molecule has 0 bridgehead atoms. The zero-order valence-electron chi connectivity index (χ0n) is 29.4. The van der Waals surface area contributed by atoms with E-state index in [4.69, 9.17) is 9.47 Å². The van der Waals surface area contributed by atoms with E-state index in [2.05, 4.69) is 149 Å². The van der Waals surface area contributed by atoms with Gasteiger partial charge in [-0.15, -0.1) is 0 Å². The number of allylic oxidation sites excluding steroid dienone is 2. The zero-order chi connectivity index (χ0) is 34.9. The molecule has 1 saturated carbocycles. The van der Waals surface area contributed by atoms with E-state index in [1.54, 1.807) is 5.57 Å². The van der Waals surface area contributed by atoms with E-state index < -0.39 is 0 Å². The van der Waals surface area contributed by atoms with Crippen LogP contribution in [0.3, 0.4) is 0 Å². The normalized spacial score (nSPS) is 18.5. The van der Waals surface area contributed by atoms with Gasteiger partial charge in [0.2, 0.25) is 0 Å². The van der Waals surface area contributed by atoms with Crippen molar-refractivity contribution in [1.82, 2.24) is 0 Å². The standard InChI is InChI=1S/C49H38N2O2/c1-5-15-45-41(11-1)50(42-12-2-6-16-46(42)52-45)35-24-21-33(22-25-35)19-20-34-23-27-37-38-28-26-36(32-40(38)49(39(37)31-34)29-9-10-30-49)51-43-13-3-7-17-47(43)53-48-18-8-4-14-44(48)51/h1-8,11-28,31,36H,9-10,29-30,32H2. The molecule has 2 aliphatic heterocycles. The molecule has 6 aromatic carbocycles. The van der Waals surface area contributed by atoms with Crippen molar-refractivity contribution in [3.8, 4) is 23.0 Å². The number of nitrogens with zero attached hydrogens (tertiary/aromatic N) is 2. The van der Waals surface area contributed by atoms with Gasteiger partial charge in [0.05, 0.1) is 28.8 Å². The van der Waals surface area contributed by atoms with Gasteiger partial charge in [0, 0.05) is 11.1 Å². The van der Waals surface area contributed by atoms with Crippen LogP contribution in [0.4, 0.5) is 28.4 Å². The smallest absolute Gasteiger partial charge is 0.151 e. The Labute approximate surface area is 310 Å². The SMILES string of the molecule is C1=CC(N2c3ccccc3Oc3ccccc32)CC2=C1c1ccc(C=Cc3ccc(N4c5ccccc5Oc5ccccc54)cc3)cc1C21CCCC1. The number of ether oxygens (including phenoxy) is 2. The highest BCUT2D eigenvalue weighted by Gasteiger charge is 2.48. The van der Waals surface area contributed by atoms with Gasteiger partial charge < -0.3 is 19.3 Å². The molecular formula is C49H38N2O2. The average molecular weight is 687 g/mol. The van der Waals surface area contributed by atoms with Crippen LogP contribution in [0.1, 0.15) is 54.4 Å². The monoisotopic (exact) mass is 686 g/mol. The van der Waals surface area contributed by atoms with E-state index >= 15 is 0 Å². The summed E-state index contributed by atoms with van der Waals surface area (Å²) in [6, 6.07) is 49.7. The van der Waals surface area contributed by atoms with Crippen molar-refractivity contribution in [3.63, 3.8) is 0 Å². The van der Waals surface area contributed by atoms with Crippen LogP contribution in [-0.4, -0.2) is 6.04 Å². The summed E-state index contributed by atoms with van der Waals surface area (Å²) in [6.07, 6.45) is 15.4. The maximum absolute atomic E-state index is 6.37. The van der Waals surface area contributed by atoms with E-state index in [1.807, 2.05) is 24.3 Å². The van der Waals surface area contributed by atoms with Gasteiger partial charge in [0.15, 0.2) is 23.0 Å². The molecule has 1 unspecified atom stereocenters. The van der Waals surface area contributed by atoms with E-state index in [0.29, 0.717) is 0 Å². The molecule has 11 rings (SSSR count). The highest BCUT2D eigenvalue weighted by Crippen LogP contribution is 2.59. The van der Waals surface area contributed by atoms with Crippen molar-refractivity contribution in [2.75, 3.05) is 9.80 Å². The summed E-state index contributed by atoms with van der Waals surface area (Å²) in [5.74, 6) is 3.58. The first kappa shape index (κ1) is 30.4. The molecule has 0 saturated heterocycles. The Balaban J connectivity index is 0.887. The Morgan fingerprint density at radius 1 is 0.566 bits per heavy atom. The minimum absolute atomic E-state index is 0.106. The first-order chi connectivity index (χ1) is 26.2. The Morgan fingerprint density at radius 3 is 1.72 bits per heavy atom. The Morgan fingerprint density at radius 2 is 1.09 bits per heavy atom. The molecule has 3 aliphatic carbocycles. The third-order valence-corrected chi connectivity index (χ3v) is 12.0. The van der Waals surface area contributed by atoms with Crippen molar-refractivity contribution >= 4 is 46.2 Å². The van der Waals surface area contributed by atoms with E-state index in [0.717, 1.165) is 57.9 Å². The van der Waals surface area contributed by atoms with Gasteiger partial charge >= 0.3 is 0 Å². The minimum Gasteiger partial charge on any atom is -0.453 e. The summed E-state index contributed by atoms with van der Waals surface area (Å²) < 4.78 is 12.6. The fourth-order valence-corrected chi connectivity index (χ4v) is 9.59. The number of benzene rings is 6. The van der Waals surface area contributed by atoms with Crippen LogP contribution < -0.4 is 19.3 Å². The van der Waals surface area contributed by atoms with E-state index in [1.165, 1.54) is 53.5 Å². The van der Waals surface area contributed by atoms with Gasteiger partial charge in [-0.1, -0.05) is 116 Å². The number of para-hydroxylation sites is 8.